The molecule has 0 unspecified atom stereocenters. The molecule has 0 aliphatic rings. The van der Waals surface area contributed by atoms with E-state index >= 15 is 0 Å². The molecule has 66 valence electrons. The maximum Gasteiger partial charge on any atom is 0.115 e. The molecule has 0 saturated carbocycles. The van der Waals surface area contributed by atoms with Gasteiger partial charge in [0.05, 0.1) is 5.69 Å². The van der Waals surface area contributed by atoms with Gasteiger partial charge in [-0.1, -0.05) is 13.8 Å². The van der Waals surface area contributed by atoms with Gasteiger partial charge in [0, 0.05) is 18.2 Å². The second kappa shape index (κ2) is 3.19. The van der Waals surface area contributed by atoms with Crippen molar-refractivity contribution in [3.05, 3.63) is 23.8 Å². The molecule has 0 saturated heterocycles. The van der Waals surface area contributed by atoms with Gasteiger partial charge < -0.3 is 5.73 Å². The Morgan fingerprint density at radius 3 is 2.67 bits per heavy atom. The Bertz CT molecular complexity index is 268. The van der Waals surface area contributed by atoms with Gasteiger partial charge in [-0.3, -0.25) is 0 Å². The van der Waals surface area contributed by atoms with Crippen LogP contribution < -0.4 is 5.73 Å². The topological polar surface area (TPSA) is 51.8 Å². The fourth-order valence-electron chi connectivity index (χ4n) is 1.20. The van der Waals surface area contributed by atoms with Gasteiger partial charge in [-0.15, -0.1) is 0 Å². The highest BCUT2D eigenvalue weighted by molar-refractivity contribution is 5.22. The van der Waals surface area contributed by atoms with Gasteiger partial charge >= 0.3 is 0 Å². The van der Waals surface area contributed by atoms with Crippen LogP contribution in [0.3, 0.4) is 0 Å². The van der Waals surface area contributed by atoms with Gasteiger partial charge in [-0.05, 0) is 12.5 Å². The zero-order valence-electron chi connectivity index (χ0n) is 7.83. The lowest BCUT2D eigenvalue weighted by atomic mass is 9.87. The summed E-state index contributed by atoms with van der Waals surface area (Å²) < 4.78 is 0. The summed E-state index contributed by atoms with van der Waals surface area (Å²) in [5.74, 6) is 0. The van der Waals surface area contributed by atoms with Crippen LogP contribution in [0.15, 0.2) is 12.5 Å². The van der Waals surface area contributed by atoms with Crippen LogP contribution >= 0.6 is 0 Å². The summed E-state index contributed by atoms with van der Waals surface area (Å²) in [4.78, 5) is 8.17. The summed E-state index contributed by atoms with van der Waals surface area (Å²) in [5, 5.41) is 0. The summed E-state index contributed by atoms with van der Waals surface area (Å²) in [5.41, 5.74) is 7.74. The molecule has 0 spiro atoms. The maximum atomic E-state index is 5.65. The fraction of sp³-hybridized carbons (Fsp3) is 0.556. The van der Waals surface area contributed by atoms with E-state index in [4.69, 9.17) is 5.73 Å². The van der Waals surface area contributed by atoms with Crippen molar-refractivity contribution in [2.75, 3.05) is 6.54 Å². The summed E-state index contributed by atoms with van der Waals surface area (Å²) in [6, 6.07) is 0. The molecule has 3 heteroatoms. The first-order valence-corrected chi connectivity index (χ1v) is 4.05. The number of nitrogens with zero attached hydrogens (tertiary/aromatic N) is 2. The van der Waals surface area contributed by atoms with E-state index in [9.17, 15) is 0 Å². The second-order valence-electron chi connectivity index (χ2n) is 3.64. The van der Waals surface area contributed by atoms with E-state index in [2.05, 4.69) is 23.8 Å². The molecule has 0 atom stereocenters. The van der Waals surface area contributed by atoms with Gasteiger partial charge in [0.1, 0.15) is 6.33 Å². The Kier molecular flexibility index (Phi) is 2.43. The fourth-order valence-corrected chi connectivity index (χ4v) is 1.20. The van der Waals surface area contributed by atoms with Crippen LogP contribution in [-0.2, 0) is 5.41 Å². The predicted octanol–water partition coefficient (Wildman–Crippen LogP) is 1.02. The van der Waals surface area contributed by atoms with Crippen LogP contribution in [-0.4, -0.2) is 16.5 Å². The first kappa shape index (κ1) is 9.13. The van der Waals surface area contributed by atoms with Crippen molar-refractivity contribution in [1.29, 1.82) is 0 Å². The highest BCUT2D eigenvalue weighted by atomic mass is 14.8. The molecule has 12 heavy (non-hydrogen) atoms. The third-order valence-corrected chi connectivity index (χ3v) is 2.05. The summed E-state index contributed by atoms with van der Waals surface area (Å²) >= 11 is 0. The third-order valence-electron chi connectivity index (χ3n) is 2.05. The van der Waals surface area contributed by atoms with Crippen molar-refractivity contribution >= 4 is 0 Å². The van der Waals surface area contributed by atoms with Gasteiger partial charge in [0.2, 0.25) is 0 Å². The lowest BCUT2D eigenvalue weighted by Gasteiger charge is -2.22. The molecule has 0 fully saturated rings. The van der Waals surface area contributed by atoms with Gasteiger partial charge in [0.25, 0.3) is 0 Å². The Hall–Kier alpha value is -0.960. The van der Waals surface area contributed by atoms with E-state index in [-0.39, 0.29) is 5.41 Å². The standard InChI is InChI=1S/C9H15N3/c1-7-4-11-6-12-8(7)9(2,3)5-10/h4,6H,5,10H2,1-3H3. The van der Waals surface area contributed by atoms with Crippen molar-refractivity contribution in [1.82, 2.24) is 9.97 Å². The largest absolute Gasteiger partial charge is 0.330 e. The third kappa shape index (κ3) is 1.61. The van der Waals surface area contributed by atoms with E-state index in [1.54, 1.807) is 6.33 Å². The normalized spacial score (nSPS) is 11.7. The monoisotopic (exact) mass is 165 g/mol. The molecule has 0 aliphatic carbocycles. The van der Waals surface area contributed by atoms with Crippen LogP contribution in [0.1, 0.15) is 25.1 Å². The van der Waals surface area contributed by atoms with Crippen molar-refractivity contribution in [2.24, 2.45) is 5.73 Å². The van der Waals surface area contributed by atoms with Crippen LogP contribution in [0.4, 0.5) is 0 Å². The second-order valence-corrected chi connectivity index (χ2v) is 3.64. The minimum Gasteiger partial charge on any atom is -0.330 e. The van der Waals surface area contributed by atoms with Crippen LogP contribution in [0, 0.1) is 6.92 Å². The first-order valence-electron chi connectivity index (χ1n) is 4.05. The predicted molar refractivity (Wildman–Crippen MR) is 48.8 cm³/mol. The quantitative estimate of drug-likeness (QED) is 0.711. The van der Waals surface area contributed by atoms with E-state index in [1.807, 2.05) is 13.1 Å². The number of hydrogen-bond donors (Lipinski definition) is 1. The van der Waals surface area contributed by atoms with Gasteiger partial charge in [0.15, 0.2) is 0 Å². The molecule has 0 bridgehead atoms. The maximum absolute atomic E-state index is 5.65. The molecular formula is C9H15N3. The smallest absolute Gasteiger partial charge is 0.115 e. The zero-order chi connectivity index (χ0) is 9.19. The Morgan fingerprint density at radius 1 is 1.50 bits per heavy atom. The van der Waals surface area contributed by atoms with Crippen molar-refractivity contribution < 1.29 is 0 Å². The van der Waals surface area contributed by atoms with Crippen LogP contribution in [0.25, 0.3) is 0 Å². The van der Waals surface area contributed by atoms with E-state index < -0.39 is 0 Å². The number of aryl methyl sites for hydroxylation is 1. The minimum absolute atomic E-state index is 0.0486. The zero-order valence-corrected chi connectivity index (χ0v) is 7.83. The van der Waals surface area contributed by atoms with Crippen molar-refractivity contribution in [2.45, 2.75) is 26.2 Å². The number of rotatable bonds is 2. The average Bonchev–Trinajstić information content (AvgIpc) is 2.05. The summed E-state index contributed by atoms with van der Waals surface area (Å²) in [7, 11) is 0. The van der Waals surface area contributed by atoms with E-state index in [0.29, 0.717) is 6.54 Å². The molecule has 1 heterocycles. The average molecular weight is 165 g/mol. The molecule has 0 aliphatic heterocycles. The number of aromatic nitrogens is 2. The van der Waals surface area contributed by atoms with Crippen molar-refractivity contribution in [3.8, 4) is 0 Å². The Labute approximate surface area is 73.0 Å². The molecule has 1 rings (SSSR count). The Morgan fingerprint density at radius 2 is 2.17 bits per heavy atom. The SMILES string of the molecule is Cc1cncnc1C(C)(C)CN. The van der Waals surface area contributed by atoms with Gasteiger partial charge in [-0.25, -0.2) is 9.97 Å². The highest BCUT2D eigenvalue weighted by Gasteiger charge is 2.21. The molecule has 1 aromatic heterocycles. The molecular weight excluding hydrogens is 150 g/mol. The first-order chi connectivity index (χ1) is 5.58. The molecule has 0 aromatic carbocycles. The molecule has 0 amide bonds. The molecule has 2 N–H and O–H groups in total. The van der Waals surface area contributed by atoms with Crippen LogP contribution in [0.5, 0.6) is 0 Å². The summed E-state index contributed by atoms with van der Waals surface area (Å²) in [6.45, 7) is 6.78. The number of hydrogen-bond acceptors (Lipinski definition) is 3. The van der Waals surface area contributed by atoms with Gasteiger partial charge in [-0.2, -0.15) is 0 Å². The number of nitrogens with two attached hydrogens (primary N) is 1. The van der Waals surface area contributed by atoms with Crippen LogP contribution in [0.2, 0.25) is 0 Å². The molecule has 3 nitrogen and oxygen atoms in total. The lowest BCUT2D eigenvalue weighted by Crippen LogP contribution is -2.30. The molecule has 0 radical (unpaired) electrons. The summed E-state index contributed by atoms with van der Waals surface area (Å²) in [6.07, 6.45) is 3.39. The minimum atomic E-state index is -0.0486. The Balaban J connectivity index is 3.10. The van der Waals surface area contributed by atoms with E-state index in [0.717, 1.165) is 11.3 Å². The lowest BCUT2D eigenvalue weighted by molar-refractivity contribution is 0.516. The molecule has 1 aromatic rings. The van der Waals surface area contributed by atoms with E-state index in [1.165, 1.54) is 0 Å². The highest BCUT2D eigenvalue weighted by Crippen LogP contribution is 2.21. The van der Waals surface area contributed by atoms with Crippen molar-refractivity contribution in [3.63, 3.8) is 0 Å².